The van der Waals surface area contributed by atoms with Crippen LogP contribution in [0.1, 0.15) is 23.1 Å². The topological polar surface area (TPSA) is 0 Å². The summed E-state index contributed by atoms with van der Waals surface area (Å²) in [5, 5.41) is 0. The van der Waals surface area contributed by atoms with Gasteiger partial charge in [-0.15, -0.1) is 0 Å². The van der Waals surface area contributed by atoms with Gasteiger partial charge in [0.2, 0.25) is 0 Å². The molecule has 0 heterocycles. The molecular weight excluding hydrogens is 226 g/mol. The molecule has 0 aliphatic rings. The summed E-state index contributed by atoms with van der Waals surface area (Å²) < 4.78 is 25.4. The summed E-state index contributed by atoms with van der Waals surface area (Å²) in [6.45, 7) is 3.58. The van der Waals surface area contributed by atoms with Crippen LogP contribution in [0.3, 0.4) is 0 Å². The van der Waals surface area contributed by atoms with Gasteiger partial charge in [0.15, 0.2) is 0 Å². The second kappa shape index (κ2) is 3.52. The van der Waals surface area contributed by atoms with Gasteiger partial charge in [-0.05, 0) is 31.0 Å². The van der Waals surface area contributed by atoms with Gasteiger partial charge in [-0.2, -0.15) is 0 Å². The number of alkyl halides is 2. The molecule has 1 aromatic rings. The predicted octanol–water partition coefficient (Wildman–Crippen LogP) is 4.00. The first-order valence-electron chi connectivity index (χ1n) is 3.57. The van der Waals surface area contributed by atoms with Crippen LogP contribution < -0.4 is 0 Å². The van der Waals surface area contributed by atoms with Crippen LogP contribution in [0.15, 0.2) is 16.6 Å². The van der Waals surface area contributed by atoms with Crippen molar-refractivity contribution in [3.8, 4) is 0 Å². The third kappa shape index (κ3) is 1.83. The summed E-state index contributed by atoms with van der Waals surface area (Å²) in [5.41, 5.74) is 1.73. The molecule has 0 bridgehead atoms. The van der Waals surface area contributed by atoms with E-state index in [1.54, 1.807) is 13.0 Å². The highest BCUT2D eigenvalue weighted by Gasteiger charge is 2.11. The van der Waals surface area contributed by atoms with Crippen molar-refractivity contribution in [1.29, 1.82) is 0 Å². The third-order valence-corrected chi connectivity index (χ3v) is 2.64. The molecule has 66 valence electrons. The van der Waals surface area contributed by atoms with Gasteiger partial charge in [0.25, 0.3) is 6.43 Å². The standard InChI is InChI=1S/C9H9BrF2/c1-5-3-6(2)8(10)4-7(5)9(11)12/h3-4,9H,1-2H3. The monoisotopic (exact) mass is 234 g/mol. The number of halogens is 3. The van der Waals surface area contributed by atoms with Crippen molar-refractivity contribution in [3.05, 3.63) is 33.3 Å². The van der Waals surface area contributed by atoms with E-state index in [1.165, 1.54) is 6.07 Å². The van der Waals surface area contributed by atoms with E-state index in [0.29, 0.717) is 5.56 Å². The molecule has 12 heavy (non-hydrogen) atoms. The van der Waals surface area contributed by atoms with Crippen LogP contribution >= 0.6 is 15.9 Å². The molecule has 0 radical (unpaired) electrons. The fourth-order valence-corrected chi connectivity index (χ4v) is 1.44. The summed E-state index contributed by atoms with van der Waals surface area (Å²) in [7, 11) is 0. The predicted molar refractivity (Wildman–Crippen MR) is 48.6 cm³/mol. The van der Waals surface area contributed by atoms with Crippen LogP contribution in [0.5, 0.6) is 0 Å². The number of hydrogen-bond acceptors (Lipinski definition) is 0. The minimum atomic E-state index is -2.39. The van der Waals surface area contributed by atoms with Crippen molar-refractivity contribution < 1.29 is 8.78 Å². The summed E-state index contributed by atoms with van der Waals surface area (Å²) in [6.07, 6.45) is -2.39. The van der Waals surface area contributed by atoms with Crippen molar-refractivity contribution in [3.63, 3.8) is 0 Å². The molecule has 0 nitrogen and oxygen atoms in total. The Kier molecular flexibility index (Phi) is 2.83. The Morgan fingerprint density at radius 1 is 1.17 bits per heavy atom. The van der Waals surface area contributed by atoms with Gasteiger partial charge in [0.1, 0.15) is 0 Å². The maximum atomic E-state index is 12.3. The maximum Gasteiger partial charge on any atom is 0.264 e. The fourth-order valence-electron chi connectivity index (χ4n) is 1.08. The summed E-state index contributed by atoms with van der Waals surface area (Å²) in [5.74, 6) is 0. The van der Waals surface area contributed by atoms with Gasteiger partial charge < -0.3 is 0 Å². The minimum absolute atomic E-state index is 0.104. The Morgan fingerprint density at radius 2 is 1.75 bits per heavy atom. The quantitative estimate of drug-likeness (QED) is 0.689. The first-order chi connectivity index (χ1) is 5.52. The zero-order chi connectivity index (χ0) is 9.30. The first kappa shape index (κ1) is 9.65. The van der Waals surface area contributed by atoms with Crippen LogP contribution in [0.4, 0.5) is 8.78 Å². The van der Waals surface area contributed by atoms with Gasteiger partial charge >= 0.3 is 0 Å². The molecule has 1 rings (SSSR count). The molecule has 0 saturated heterocycles. The third-order valence-electron chi connectivity index (χ3n) is 1.78. The Morgan fingerprint density at radius 3 is 2.25 bits per heavy atom. The van der Waals surface area contributed by atoms with Crippen LogP contribution in [-0.4, -0.2) is 0 Å². The lowest BCUT2D eigenvalue weighted by atomic mass is 10.1. The molecule has 0 saturated carbocycles. The Labute approximate surface area is 78.7 Å². The molecule has 0 aromatic heterocycles. The zero-order valence-corrected chi connectivity index (χ0v) is 8.45. The van der Waals surface area contributed by atoms with Crippen molar-refractivity contribution >= 4 is 15.9 Å². The lowest BCUT2D eigenvalue weighted by Gasteiger charge is -2.07. The minimum Gasteiger partial charge on any atom is -0.205 e. The molecule has 0 fully saturated rings. The lowest BCUT2D eigenvalue weighted by Crippen LogP contribution is -1.91. The second-order valence-corrected chi connectivity index (χ2v) is 3.61. The molecule has 1 aromatic carbocycles. The van der Waals surface area contributed by atoms with E-state index in [0.717, 1.165) is 10.0 Å². The lowest BCUT2D eigenvalue weighted by molar-refractivity contribution is 0.150. The average Bonchev–Trinajstić information content (AvgIpc) is 1.96. The van der Waals surface area contributed by atoms with Gasteiger partial charge in [-0.25, -0.2) is 8.78 Å². The summed E-state index contributed by atoms with van der Waals surface area (Å²) >= 11 is 3.22. The van der Waals surface area contributed by atoms with Crippen molar-refractivity contribution in [2.75, 3.05) is 0 Å². The summed E-state index contributed by atoms with van der Waals surface area (Å²) in [6, 6.07) is 3.24. The largest absolute Gasteiger partial charge is 0.264 e. The highest BCUT2D eigenvalue weighted by atomic mass is 79.9. The van der Waals surface area contributed by atoms with E-state index >= 15 is 0 Å². The van der Waals surface area contributed by atoms with Crippen molar-refractivity contribution in [2.45, 2.75) is 20.3 Å². The normalized spacial score (nSPS) is 10.8. The van der Waals surface area contributed by atoms with E-state index in [2.05, 4.69) is 15.9 Å². The smallest absolute Gasteiger partial charge is 0.205 e. The molecule has 0 unspecified atom stereocenters. The molecule has 0 atom stereocenters. The first-order valence-corrected chi connectivity index (χ1v) is 4.36. The van der Waals surface area contributed by atoms with Crippen LogP contribution in [-0.2, 0) is 0 Å². The van der Waals surface area contributed by atoms with Gasteiger partial charge in [-0.3, -0.25) is 0 Å². The van der Waals surface area contributed by atoms with Crippen LogP contribution in [0, 0.1) is 13.8 Å². The van der Waals surface area contributed by atoms with Crippen LogP contribution in [0.25, 0.3) is 0 Å². The molecule has 3 heteroatoms. The van der Waals surface area contributed by atoms with Crippen molar-refractivity contribution in [1.82, 2.24) is 0 Å². The number of aryl methyl sites for hydroxylation is 2. The van der Waals surface area contributed by atoms with Gasteiger partial charge in [0.05, 0.1) is 0 Å². The van der Waals surface area contributed by atoms with E-state index in [9.17, 15) is 8.78 Å². The van der Waals surface area contributed by atoms with Crippen molar-refractivity contribution in [2.24, 2.45) is 0 Å². The second-order valence-electron chi connectivity index (χ2n) is 2.76. The fraction of sp³-hybridized carbons (Fsp3) is 0.333. The van der Waals surface area contributed by atoms with E-state index in [4.69, 9.17) is 0 Å². The molecule has 0 aliphatic carbocycles. The number of rotatable bonds is 1. The van der Waals surface area contributed by atoms with Crippen LogP contribution in [0.2, 0.25) is 0 Å². The summed E-state index contributed by atoms with van der Waals surface area (Å²) in [4.78, 5) is 0. The number of benzene rings is 1. The SMILES string of the molecule is Cc1cc(C)c(C(F)F)cc1Br. The highest BCUT2D eigenvalue weighted by Crippen LogP contribution is 2.28. The maximum absolute atomic E-state index is 12.3. The Hall–Kier alpha value is -0.440. The Bertz CT molecular complexity index is 295. The van der Waals surface area contributed by atoms with E-state index < -0.39 is 6.43 Å². The molecule has 0 amide bonds. The average molecular weight is 235 g/mol. The van der Waals surface area contributed by atoms with Gasteiger partial charge in [0, 0.05) is 10.0 Å². The highest BCUT2D eigenvalue weighted by molar-refractivity contribution is 9.10. The molecule has 0 spiro atoms. The molecule has 0 N–H and O–H groups in total. The Balaban J connectivity index is 3.23. The van der Waals surface area contributed by atoms with Gasteiger partial charge in [-0.1, -0.05) is 22.0 Å². The van der Waals surface area contributed by atoms with E-state index in [-0.39, 0.29) is 5.56 Å². The molecular formula is C9H9BrF2. The zero-order valence-electron chi connectivity index (χ0n) is 6.87. The van der Waals surface area contributed by atoms with E-state index in [1.807, 2.05) is 6.92 Å². The molecule has 0 aliphatic heterocycles. The number of hydrogen-bond donors (Lipinski definition) is 0.